The highest BCUT2D eigenvalue weighted by Gasteiger charge is 2.09. The summed E-state index contributed by atoms with van der Waals surface area (Å²) in [7, 11) is -3.50. The van der Waals surface area contributed by atoms with Gasteiger partial charge in [-0.25, -0.2) is 13.4 Å². The SMILES string of the molecule is CS(=O)(=O)/C(C#N)=C/Nc1cnccn1. The molecule has 1 aromatic rings. The van der Waals surface area contributed by atoms with Crippen LogP contribution >= 0.6 is 0 Å². The molecule has 0 saturated heterocycles. The molecule has 0 saturated carbocycles. The van der Waals surface area contributed by atoms with Gasteiger partial charge in [-0.2, -0.15) is 5.26 Å². The molecule has 0 aliphatic carbocycles. The van der Waals surface area contributed by atoms with Gasteiger partial charge in [0.2, 0.25) is 0 Å². The molecular weight excluding hydrogens is 216 g/mol. The number of allylic oxidation sites excluding steroid dienone is 1. The minimum atomic E-state index is -3.50. The molecule has 1 aromatic heterocycles. The molecule has 0 bridgehead atoms. The van der Waals surface area contributed by atoms with Crippen LogP contribution in [-0.4, -0.2) is 24.6 Å². The zero-order valence-electron chi connectivity index (χ0n) is 7.88. The number of hydrogen-bond acceptors (Lipinski definition) is 6. The van der Waals surface area contributed by atoms with Crippen molar-refractivity contribution in [1.29, 1.82) is 5.26 Å². The molecule has 0 aromatic carbocycles. The Kier molecular flexibility index (Phi) is 3.36. The second-order valence-corrected chi connectivity index (χ2v) is 4.61. The molecule has 0 radical (unpaired) electrons. The summed E-state index contributed by atoms with van der Waals surface area (Å²) < 4.78 is 22.0. The van der Waals surface area contributed by atoms with Crippen LogP contribution < -0.4 is 5.32 Å². The lowest BCUT2D eigenvalue weighted by molar-refractivity contribution is 0.608. The van der Waals surface area contributed by atoms with Crippen LogP contribution in [0.5, 0.6) is 0 Å². The van der Waals surface area contributed by atoms with Gasteiger partial charge >= 0.3 is 0 Å². The number of aromatic nitrogens is 2. The van der Waals surface area contributed by atoms with Gasteiger partial charge in [0.1, 0.15) is 11.9 Å². The first kappa shape index (κ1) is 11.1. The minimum absolute atomic E-state index is 0.354. The lowest BCUT2D eigenvalue weighted by Crippen LogP contribution is -2.02. The number of rotatable bonds is 3. The molecule has 0 amide bonds. The number of hydrogen-bond donors (Lipinski definition) is 1. The van der Waals surface area contributed by atoms with E-state index in [0.29, 0.717) is 5.82 Å². The van der Waals surface area contributed by atoms with Crippen LogP contribution in [0, 0.1) is 11.3 Å². The Labute approximate surface area is 87.2 Å². The first-order valence-electron chi connectivity index (χ1n) is 3.87. The molecule has 0 unspecified atom stereocenters. The standard InChI is InChI=1S/C8H8N4O2S/c1-15(13,14)7(4-9)5-12-8-6-10-2-3-11-8/h2-3,5-6H,1H3,(H,11,12)/b7-5+. The topological polar surface area (TPSA) is 95.7 Å². The van der Waals surface area contributed by atoms with E-state index >= 15 is 0 Å². The van der Waals surface area contributed by atoms with E-state index in [9.17, 15) is 8.42 Å². The summed E-state index contributed by atoms with van der Waals surface area (Å²) in [5.41, 5.74) is 0. The van der Waals surface area contributed by atoms with Crippen molar-refractivity contribution in [3.8, 4) is 6.07 Å². The Morgan fingerprint density at radius 2 is 2.33 bits per heavy atom. The van der Waals surface area contributed by atoms with Gasteiger partial charge in [0, 0.05) is 24.8 Å². The normalized spacial score (nSPS) is 11.9. The fourth-order valence-corrected chi connectivity index (χ4v) is 1.17. The van der Waals surface area contributed by atoms with E-state index in [2.05, 4.69) is 15.3 Å². The largest absolute Gasteiger partial charge is 0.343 e. The summed E-state index contributed by atoms with van der Waals surface area (Å²) in [5, 5.41) is 11.1. The molecule has 7 heteroatoms. The van der Waals surface area contributed by atoms with Gasteiger partial charge in [0.25, 0.3) is 0 Å². The van der Waals surface area contributed by atoms with Crippen molar-refractivity contribution < 1.29 is 8.42 Å². The fraction of sp³-hybridized carbons (Fsp3) is 0.125. The van der Waals surface area contributed by atoms with Crippen molar-refractivity contribution in [2.75, 3.05) is 11.6 Å². The van der Waals surface area contributed by atoms with Gasteiger partial charge in [0.15, 0.2) is 14.7 Å². The molecular formula is C8H8N4O2S. The smallest absolute Gasteiger partial charge is 0.187 e. The average molecular weight is 224 g/mol. The van der Waals surface area contributed by atoms with Crippen molar-refractivity contribution in [2.24, 2.45) is 0 Å². The van der Waals surface area contributed by atoms with Crippen molar-refractivity contribution in [3.05, 3.63) is 29.7 Å². The Bertz CT molecular complexity index is 501. The Morgan fingerprint density at radius 1 is 1.60 bits per heavy atom. The van der Waals surface area contributed by atoms with Gasteiger partial charge in [-0.3, -0.25) is 4.98 Å². The molecule has 6 nitrogen and oxygen atoms in total. The molecule has 0 aliphatic heterocycles. The van der Waals surface area contributed by atoms with Gasteiger partial charge in [-0.15, -0.1) is 0 Å². The number of anilines is 1. The third-order valence-corrected chi connectivity index (χ3v) is 2.43. The summed E-state index contributed by atoms with van der Waals surface area (Å²) in [6.45, 7) is 0. The molecule has 78 valence electrons. The van der Waals surface area contributed by atoms with Crippen LogP contribution in [0.1, 0.15) is 0 Å². The number of nitriles is 1. The van der Waals surface area contributed by atoms with E-state index in [1.807, 2.05) is 0 Å². The third-order valence-electron chi connectivity index (χ3n) is 1.42. The van der Waals surface area contributed by atoms with E-state index in [0.717, 1.165) is 12.5 Å². The maximum absolute atomic E-state index is 11.0. The number of nitrogens with zero attached hydrogens (tertiary/aromatic N) is 3. The van der Waals surface area contributed by atoms with Gasteiger partial charge < -0.3 is 5.32 Å². The lowest BCUT2D eigenvalue weighted by atomic mass is 10.6. The average Bonchev–Trinajstić information content (AvgIpc) is 2.18. The van der Waals surface area contributed by atoms with Crippen LogP contribution in [0.4, 0.5) is 5.82 Å². The Balaban J connectivity index is 2.87. The number of sulfone groups is 1. The first-order chi connectivity index (χ1) is 7.04. The van der Waals surface area contributed by atoms with E-state index < -0.39 is 9.84 Å². The predicted molar refractivity (Wildman–Crippen MR) is 54.2 cm³/mol. The zero-order valence-corrected chi connectivity index (χ0v) is 8.69. The van der Waals surface area contributed by atoms with E-state index in [-0.39, 0.29) is 4.91 Å². The predicted octanol–water partition coefficient (Wildman–Crippen LogP) is 0.298. The Morgan fingerprint density at radius 3 is 2.80 bits per heavy atom. The molecule has 0 fully saturated rings. The first-order valence-corrected chi connectivity index (χ1v) is 5.76. The van der Waals surface area contributed by atoms with Crippen LogP contribution in [0.2, 0.25) is 0 Å². The van der Waals surface area contributed by atoms with Crippen molar-refractivity contribution >= 4 is 15.7 Å². The zero-order chi connectivity index (χ0) is 11.3. The van der Waals surface area contributed by atoms with E-state index in [1.54, 1.807) is 6.07 Å². The second-order valence-electron chi connectivity index (χ2n) is 2.63. The summed E-state index contributed by atoms with van der Waals surface area (Å²) in [5.74, 6) is 0.369. The fourth-order valence-electron chi connectivity index (χ4n) is 0.735. The highest BCUT2D eigenvalue weighted by molar-refractivity contribution is 7.94. The second kappa shape index (κ2) is 4.52. The maximum atomic E-state index is 11.0. The molecule has 1 N–H and O–H groups in total. The van der Waals surface area contributed by atoms with Crippen molar-refractivity contribution in [1.82, 2.24) is 9.97 Å². The monoisotopic (exact) mass is 224 g/mol. The van der Waals surface area contributed by atoms with Crippen LogP contribution in [0.3, 0.4) is 0 Å². The maximum Gasteiger partial charge on any atom is 0.187 e. The molecule has 0 aliphatic rings. The minimum Gasteiger partial charge on any atom is -0.343 e. The van der Waals surface area contributed by atoms with Gasteiger partial charge in [-0.1, -0.05) is 0 Å². The van der Waals surface area contributed by atoms with Crippen LogP contribution in [0.25, 0.3) is 0 Å². The van der Waals surface area contributed by atoms with E-state index in [4.69, 9.17) is 5.26 Å². The molecule has 15 heavy (non-hydrogen) atoms. The summed E-state index contributed by atoms with van der Waals surface area (Å²) in [4.78, 5) is 7.26. The van der Waals surface area contributed by atoms with Crippen molar-refractivity contribution in [2.45, 2.75) is 0 Å². The highest BCUT2D eigenvalue weighted by atomic mass is 32.2. The van der Waals surface area contributed by atoms with Crippen LogP contribution in [0.15, 0.2) is 29.7 Å². The van der Waals surface area contributed by atoms with Crippen LogP contribution in [-0.2, 0) is 9.84 Å². The summed E-state index contributed by atoms with van der Waals surface area (Å²) in [6, 6.07) is 1.57. The van der Waals surface area contributed by atoms with Gasteiger partial charge in [-0.05, 0) is 0 Å². The third kappa shape index (κ3) is 3.36. The summed E-state index contributed by atoms with van der Waals surface area (Å²) >= 11 is 0. The lowest BCUT2D eigenvalue weighted by Gasteiger charge is -1.98. The molecule has 1 rings (SSSR count). The molecule has 1 heterocycles. The summed E-state index contributed by atoms with van der Waals surface area (Å²) in [6.07, 6.45) is 6.38. The molecule has 0 atom stereocenters. The van der Waals surface area contributed by atoms with E-state index in [1.165, 1.54) is 18.6 Å². The molecule has 0 spiro atoms. The quantitative estimate of drug-likeness (QED) is 0.742. The number of nitrogens with one attached hydrogen (secondary N) is 1. The Hall–Kier alpha value is -1.94. The highest BCUT2D eigenvalue weighted by Crippen LogP contribution is 2.04. The van der Waals surface area contributed by atoms with Crippen molar-refractivity contribution in [3.63, 3.8) is 0 Å². The van der Waals surface area contributed by atoms with Gasteiger partial charge in [0.05, 0.1) is 6.20 Å².